The number of aliphatic imine (C=N–C) groups is 1. The van der Waals surface area contributed by atoms with Crippen molar-refractivity contribution in [3.63, 3.8) is 0 Å². The number of amides is 1. The van der Waals surface area contributed by atoms with Crippen molar-refractivity contribution in [2.24, 2.45) is 4.99 Å². The number of esters is 1. The number of carboxylic acid groups (broad SMARTS) is 1. The molecule has 1 amide bonds. The molecule has 3 aliphatic rings. The van der Waals surface area contributed by atoms with Crippen LogP contribution in [0.15, 0.2) is 4.99 Å². The van der Waals surface area contributed by atoms with Gasteiger partial charge in [0.1, 0.15) is 6.61 Å². The maximum Gasteiger partial charge on any atom is 1.00 e. The van der Waals surface area contributed by atoms with Crippen LogP contribution in [-0.4, -0.2) is 90.5 Å². The van der Waals surface area contributed by atoms with Gasteiger partial charge in [-0.05, 0) is 5.90 Å². The number of nitrogens with zero attached hydrogens (tertiary/aromatic N) is 3. The summed E-state index contributed by atoms with van der Waals surface area (Å²) in [6.07, 6.45) is -0.509. The first-order chi connectivity index (χ1) is 12.7. The third kappa shape index (κ3) is 4.32. The summed E-state index contributed by atoms with van der Waals surface area (Å²) in [4.78, 5) is 44.0. The molecule has 3 saturated heterocycles. The maximum atomic E-state index is 12.4. The Hall–Kier alpha value is -1.29. The molecule has 0 spiro atoms. The van der Waals surface area contributed by atoms with Crippen LogP contribution in [0.1, 0.15) is 12.8 Å². The average Bonchev–Trinajstić information content (AvgIpc) is 3.14. The van der Waals surface area contributed by atoms with Crippen LogP contribution >= 0.6 is 0 Å². The van der Waals surface area contributed by atoms with Gasteiger partial charge in [-0.2, -0.15) is 9.37 Å². The fourth-order valence-electron chi connectivity index (χ4n) is 2.88. The predicted octanol–water partition coefficient (Wildman–Crippen LogP) is -6.80. The Morgan fingerprint density at radius 1 is 1.43 bits per heavy atom. The monoisotopic (exact) mass is 428 g/mol. The van der Waals surface area contributed by atoms with Crippen LogP contribution < -0.4 is 40.0 Å². The second-order valence-corrected chi connectivity index (χ2v) is 8.20. The molecule has 2 atom stereocenters. The molecule has 3 fully saturated rings. The third-order valence-electron chi connectivity index (χ3n) is 4.29. The van der Waals surface area contributed by atoms with E-state index in [0.29, 0.717) is 5.06 Å². The first kappa shape index (κ1) is 23.0. The topological polar surface area (TPSA) is 178 Å². The fraction of sp³-hybridized carbons (Fsp3) is 0.692. The number of sulfonamides is 1. The molecule has 0 aliphatic carbocycles. The quantitative estimate of drug-likeness (QED) is 0.185. The van der Waals surface area contributed by atoms with Crippen molar-refractivity contribution in [1.29, 1.82) is 0 Å². The number of hydrogen-bond donors (Lipinski definition) is 2. The normalized spacial score (nSPS) is 30.8. The van der Waals surface area contributed by atoms with Crippen molar-refractivity contribution in [2.75, 3.05) is 32.1 Å². The largest absolute Gasteiger partial charge is 1.00 e. The number of hydrogen-bond acceptors (Lipinski definition) is 10. The molecular formula is C13H17N4NaO9S. The Morgan fingerprint density at radius 2 is 2.14 bits per heavy atom. The van der Waals surface area contributed by atoms with E-state index in [4.69, 9.17) is 9.57 Å². The number of hydroxylamine groups is 2. The molecule has 13 nitrogen and oxygen atoms in total. The summed E-state index contributed by atoms with van der Waals surface area (Å²) in [7, 11) is -3.59. The molecular weight excluding hydrogens is 411 g/mol. The minimum Gasteiger partial charge on any atom is -0.861 e. The maximum absolute atomic E-state index is 12.4. The van der Waals surface area contributed by atoms with Gasteiger partial charge >= 0.3 is 47.2 Å². The van der Waals surface area contributed by atoms with Gasteiger partial charge in [-0.25, -0.2) is 13.2 Å². The van der Waals surface area contributed by atoms with E-state index >= 15 is 0 Å². The molecule has 0 aromatic rings. The molecule has 150 valence electrons. The molecule has 3 rings (SSSR count). The summed E-state index contributed by atoms with van der Waals surface area (Å²) >= 11 is 0. The van der Waals surface area contributed by atoms with Gasteiger partial charge in [-0.3, -0.25) is 19.4 Å². The third-order valence-corrected chi connectivity index (χ3v) is 6.05. The summed E-state index contributed by atoms with van der Waals surface area (Å²) in [5, 5.41) is 24.7. The summed E-state index contributed by atoms with van der Waals surface area (Å²) in [5.74, 6) is -4.38. The van der Waals surface area contributed by atoms with Gasteiger partial charge in [0.15, 0.2) is 6.04 Å². The number of carboxylic acids is 1. The van der Waals surface area contributed by atoms with Crippen LogP contribution in [0.2, 0.25) is 0 Å². The van der Waals surface area contributed by atoms with E-state index in [1.807, 2.05) is 0 Å². The minimum absolute atomic E-state index is 0. The van der Waals surface area contributed by atoms with E-state index in [1.165, 1.54) is 0 Å². The van der Waals surface area contributed by atoms with Crippen LogP contribution in [0, 0.1) is 0 Å². The molecule has 0 saturated carbocycles. The van der Waals surface area contributed by atoms with Crippen molar-refractivity contribution in [3.05, 3.63) is 0 Å². The molecule has 0 aromatic carbocycles. The van der Waals surface area contributed by atoms with E-state index in [-0.39, 0.29) is 61.4 Å². The molecule has 2 N–H and O–H groups in total. The van der Waals surface area contributed by atoms with E-state index in [2.05, 4.69) is 10.3 Å². The summed E-state index contributed by atoms with van der Waals surface area (Å²) in [6, 6.07) is -1.35. The van der Waals surface area contributed by atoms with Crippen molar-refractivity contribution in [3.8, 4) is 0 Å². The second kappa shape index (κ2) is 8.61. The van der Waals surface area contributed by atoms with E-state index in [9.17, 15) is 33.0 Å². The average molecular weight is 428 g/mol. The van der Waals surface area contributed by atoms with E-state index in [1.54, 1.807) is 0 Å². The van der Waals surface area contributed by atoms with Crippen LogP contribution in [0.25, 0.3) is 0 Å². The smallest absolute Gasteiger partial charge is 0.861 e. The Kier molecular flexibility index (Phi) is 7.07. The zero-order valence-electron chi connectivity index (χ0n) is 15.0. The van der Waals surface area contributed by atoms with Gasteiger partial charge in [0, 0.05) is 19.5 Å². The molecule has 0 aromatic heterocycles. The van der Waals surface area contributed by atoms with Crippen molar-refractivity contribution in [1.82, 2.24) is 14.7 Å². The van der Waals surface area contributed by atoms with Gasteiger partial charge in [0.2, 0.25) is 10.0 Å². The standard InChI is InChI=1S/C13H18N4O9S.Na/c18-9(5-16-7-14-3-4-27(16,23)24)15-8-6-25-17(11(8)20)13(12(21)22)2-1-10(19)26-13;/h8,14H,1-7H2,(H,15,18)(H,21,22);/q;+1/p-1/t8-,13?;/m0./s1. The van der Waals surface area contributed by atoms with E-state index in [0.717, 1.165) is 4.31 Å². The number of aliphatic carboxylic acids is 1. The first-order valence-electron chi connectivity index (χ1n) is 8.00. The molecule has 0 bridgehead atoms. The Labute approximate surface area is 181 Å². The van der Waals surface area contributed by atoms with Gasteiger partial charge in [0.05, 0.1) is 18.8 Å². The van der Waals surface area contributed by atoms with Gasteiger partial charge in [-0.1, -0.05) is 0 Å². The Balaban J connectivity index is 0.00000280. The Bertz CT molecular complexity index is 804. The molecule has 1 unspecified atom stereocenters. The summed E-state index contributed by atoms with van der Waals surface area (Å²) in [5.41, 5.74) is -2.29. The molecule has 0 radical (unpaired) electrons. The number of carbonyl (C=O) groups is 3. The number of nitrogens with one attached hydrogen (secondary N) is 1. The molecule has 3 heterocycles. The summed E-state index contributed by atoms with van der Waals surface area (Å²) < 4.78 is 29.4. The van der Waals surface area contributed by atoms with Crippen LogP contribution in [0.3, 0.4) is 0 Å². The van der Waals surface area contributed by atoms with Gasteiger partial charge < -0.3 is 20.3 Å². The van der Waals surface area contributed by atoms with Crippen LogP contribution in [0.4, 0.5) is 0 Å². The van der Waals surface area contributed by atoms with Gasteiger partial charge in [0.25, 0.3) is 5.91 Å². The number of ether oxygens (including phenoxy) is 1. The SMILES string of the molecule is O=C1CCC(C(=O)O)(N2OC[C@H](N=C([O-])CN3CNCCS3(=O)=O)C2=O)O1.[Na+]. The Morgan fingerprint density at radius 3 is 2.71 bits per heavy atom. The van der Waals surface area contributed by atoms with E-state index < -0.39 is 58.7 Å². The van der Waals surface area contributed by atoms with Crippen molar-refractivity contribution >= 4 is 33.8 Å². The first-order valence-corrected chi connectivity index (χ1v) is 9.61. The summed E-state index contributed by atoms with van der Waals surface area (Å²) in [6.45, 7) is -0.771. The number of rotatable bonds is 5. The zero-order chi connectivity index (χ0) is 19.8. The molecule has 28 heavy (non-hydrogen) atoms. The second-order valence-electron chi connectivity index (χ2n) is 6.11. The van der Waals surface area contributed by atoms with Gasteiger partial charge in [-0.15, -0.1) is 0 Å². The number of cyclic esters (lactones) is 1. The van der Waals surface area contributed by atoms with Crippen molar-refractivity contribution in [2.45, 2.75) is 24.6 Å². The van der Waals surface area contributed by atoms with Crippen LogP contribution in [0.5, 0.6) is 0 Å². The predicted molar refractivity (Wildman–Crippen MR) is 83.1 cm³/mol. The number of carbonyl (C=O) groups excluding carboxylic acids is 2. The van der Waals surface area contributed by atoms with Crippen LogP contribution in [-0.2, 0) is 34.0 Å². The van der Waals surface area contributed by atoms with Crippen molar-refractivity contribution < 1.29 is 72.1 Å². The molecule has 15 heteroatoms. The zero-order valence-corrected chi connectivity index (χ0v) is 17.8. The minimum atomic E-state index is -3.59. The molecule has 3 aliphatic heterocycles. The fourth-order valence-corrected chi connectivity index (χ4v) is 4.14.